The van der Waals surface area contributed by atoms with Gasteiger partial charge in [0.25, 0.3) is 0 Å². The molecule has 0 nitrogen and oxygen atoms in total. The topological polar surface area (TPSA) is 0 Å². The number of hydrogen-bond acceptors (Lipinski definition) is 0. The van der Waals surface area contributed by atoms with E-state index in [4.69, 9.17) is 0 Å². The first-order valence-corrected chi connectivity index (χ1v) is 17.3. The fourth-order valence-electron chi connectivity index (χ4n) is 3.68. The van der Waals surface area contributed by atoms with E-state index in [9.17, 15) is 0 Å². The number of hydrogen-bond donors (Lipinski definition) is 0. The molecule has 2 heteroatoms. The van der Waals surface area contributed by atoms with E-state index in [-0.39, 0.29) is 0 Å². The summed E-state index contributed by atoms with van der Waals surface area (Å²) in [6.07, 6.45) is 9.46. The van der Waals surface area contributed by atoms with Crippen LogP contribution in [0, 0.1) is 0 Å². The van der Waals surface area contributed by atoms with E-state index in [2.05, 4.69) is 76.5 Å². The monoisotopic (exact) mass is 461 g/mol. The van der Waals surface area contributed by atoms with Crippen LogP contribution >= 0.6 is 0 Å². The van der Waals surface area contributed by atoms with Crippen LogP contribution in [0.15, 0.2) is 24.3 Å². The summed E-state index contributed by atoms with van der Waals surface area (Å²) < 4.78 is 2.43. The van der Waals surface area contributed by atoms with E-state index in [1.165, 1.54) is 0 Å². The molecule has 19 heavy (non-hydrogen) atoms. The molecule has 0 radical (unpaired) electrons. The predicted molar refractivity (Wildman–Crippen MR) is 89.6 cm³/mol. The van der Waals surface area contributed by atoms with E-state index in [1.807, 2.05) is 0 Å². The SMILES string of the molecule is CC(C)[Si]([CH2][Pt]([CH3])([CH3])[CH]1C=CC=C1)(C(C)C)C(C)C. The molecule has 1 aliphatic carbocycles. The van der Waals surface area contributed by atoms with Crippen molar-refractivity contribution in [1.82, 2.24) is 0 Å². The minimum atomic E-state index is -1.69. The van der Waals surface area contributed by atoms with Crippen LogP contribution in [0.4, 0.5) is 0 Å². The molecule has 0 aliphatic heterocycles. The van der Waals surface area contributed by atoms with Crippen molar-refractivity contribution < 1.29 is 16.1 Å². The van der Waals surface area contributed by atoms with Crippen molar-refractivity contribution in [3.8, 4) is 0 Å². The van der Waals surface area contributed by atoms with E-state index >= 15 is 0 Å². The van der Waals surface area contributed by atoms with Crippen LogP contribution in [0.3, 0.4) is 0 Å². The van der Waals surface area contributed by atoms with Crippen LogP contribution < -0.4 is 0 Å². The Morgan fingerprint density at radius 3 is 1.53 bits per heavy atom. The summed E-state index contributed by atoms with van der Waals surface area (Å²) >= 11 is -1.69. The fourth-order valence-corrected chi connectivity index (χ4v) is 33.2. The Balaban J connectivity index is 3.06. The van der Waals surface area contributed by atoms with Gasteiger partial charge in [0.05, 0.1) is 0 Å². The molecular weight excluding hydrogens is 427 g/mol. The molecule has 0 spiro atoms. The predicted octanol–water partition coefficient (Wildman–Crippen LogP) is 6.79. The first-order chi connectivity index (χ1) is 8.64. The van der Waals surface area contributed by atoms with Crippen LogP contribution in [-0.2, 0) is 16.1 Å². The van der Waals surface area contributed by atoms with Crippen molar-refractivity contribution in [3.05, 3.63) is 24.3 Å². The van der Waals surface area contributed by atoms with Gasteiger partial charge in [0.1, 0.15) is 0 Å². The van der Waals surface area contributed by atoms with Crippen molar-refractivity contribution in [2.45, 2.75) is 77.5 Å². The molecule has 0 saturated heterocycles. The van der Waals surface area contributed by atoms with E-state index in [1.54, 1.807) is 4.43 Å². The van der Waals surface area contributed by atoms with Gasteiger partial charge in [-0.3, -0.25) is 0 Å². The molecule has 1 aliphatic rings. The Morgan fingerprint density at radius 1 is 0.842 bits per heavy atom. The van der Waals surface area contributed by atoms with Gasteiger partial charge in [0, 0.05) is 0 Å². The van der Waals surface area contributed by atoms with Crippen molar-refractivity contribution in [3.63, 3.8) is 0 Å². The van der Waals surface area contributed by atoms with Crippen LogP contribution in [0.2, 0.25) is 36.0 Å². The second-order valence-electron chi connectivity index (χ2n) is 7.12. The molecule has 0 bridgehead atoms. The molecule has 0 aromatic rings. The van der Waals surface area contributed by atoms with Gasteiger partial charge in [-0.05, 0) is 0 Å². The molecule has 0 atom stereocenters. The Morgan fingerprint density at radius 2 is 1.21 bits per heavy atom. The second kappa shape index (κ2) is 6.44. The zero-order valence-corrected chi connectivity index (χ0v) is 17.4. The molecular formula is C17H34PtSi. The molecule has 0 saturated carbocycles. The number of allylic oxidation sites excluding steroid dienone is 4. The van der Waals surface area contributed by atoms with Gasteiger partial charge < -0.3 is 0 Å². The molecule has 116 valence electrons. The zero-order valence-electron chi connectivity index (χ0n) is 14.1. The standard InChI is InChI=1S/C10H23Si.C5H5.2CH3.Pt/c1-8(2)11(7,9(3)4)10(5)6;1-2-4-5-3-1;;;/h8-10H,7H2,1-6H3;1-5H;2*1H3;. The summed E-state index contributed by atoms with van der Waals surface area (Å²) in [5, 5.41) is 5.32. The van der Waals surface area contributed by atoms with Crippen molar-refractivity contribution in [1.29, 1.82) is 0 Å². The third-order valence-corrected chi connectivity index (χ3v) is 27.7. The summed E-state index contributed by atoms with van der Waals surface area (Å²) in [4.78, 5) is 0. The fraction of sp³-hybridized carbons (Fsp3) is 0.765. The van der Waals surface area contributed by atoms with E-state index in [0.29, 0.717) is 0 Å². The average Bonchev–Trinajstić information content (AvgIpc) is 2.78. The molecule has 0 aromatic carbocycles. The third kappa shape index (κ3) is 3.53. The third-order valence-electron chi connectivity index (χ3n) is 4.95. The zero-order chi connectivity index (χ0) is 14.8. The van der Waals surface area contributed by atoms with E-state index < -0.39 is 24.1 Å². The maximum absolute atomic E-state index is 2.66. The molecule has 0 fully saturated rings. The van der Waals surface area contributed by atoms with Crippen molar-refractivity contribution in [2.24, 2.45) is 0 Å². The van der Waals surface area contributed by atoms with E-state index in [0.717, 1.165) is 20.9 Å². The maximum atomic E-state index is 2.66. The Hall–Kier alpha value is 0.385. The van der Waals surface area contributed by atoms with Crippen LogP contribution in [0.1, 0.15) is 41.5 Å². The van der Waals surface area contributed by atoms with Gasteiger partial charge in [0.15, 0.2) is 0 Å². The summed E-state index contributed by atoms with van der Waals surface area (Å²) in [7, 11) is -1.22. The first kappa shape index (κ1) is 17.4. The summed E-state index contributed by atoms with van der Waals surface area (Å²) in [5.74, 6) is 0. The number of rotatable bonds is 6. The Labute approximate surface area is 126 Å². The Kier molecular flexibility index (Phi) is 5.91. The molecule has 0 amide bonds. The van der Waals surface area contributed by atoms with Gasteiger partial charge in [-0.2, -0.15) is 0 Å². The second-order valence-corrected chi connectivity index (χ2v) is 26.0. The first-order valence-electron chi connectivity index (χ1n) is 7.39. The summed E-state index contributed by atoms with van der Waals surface area (Å²) in [6.45, 7) is 15.0. The molecule has 0 heterocycles. The molecule has 1 rings (SSSR count). The minimum absolute atomic E-state index is 0.815. The van der Waals surface area contributed by atoms with Gasteiger partial charge in [-0.25, -0.2) is 0 Å². The van der Waals surface area contributed by atoms with Crippen LogP contribution in [-0.4, -0.2) is 8.07 Å². The summed E-state index contributed by atoms with van der Waals surface area (Å²) in [6, 6.07) is 0. The Bertz CT molecular complexity index is 316. The molecule has 0 unspecified atom stereocenters. The van der Waals surface area contributed by atoms with Crippen LogP contribution in [0.5, 0.6) is 0 Å². The van der Waals surface area contributed by atoms with Crippen molar-refractivity contribution >= 4 is 8.07 Å². The van der Waals surface area contributed by atoms with Crippen LogP contribution in [0.25, 0.3) is 0 Å². The van der Waals surface area contributed by atoms with Gasteiger partial charge >= 0.3 is 126 Å². The van der Waals surface area contributed by atoms with Gasteiger partial charge in [-0.1, -0.05) is 0 Å². The van der Waals surface area contributed by atoms with Gasteiger partial charge in [-0.15, -0.1) is 0 Å². The van der Waals surface area contributed by atoms with Gasteiger partial charge in [0.2, 0.25) is 0 Å². The average molecular weight is 462 g/mol. The molecule has 0 N–H and O–H groups in total. The quantitative estimate of drug-likeness (QED) is 0.382. The molecule has 0 aromatic heterocycles. The normalized spacial score (nSPS) is 18.3. The summed E-state index contributed by atoms with van der Waals surface area (Å²) in [5.41, 5.74) is 2.72. The van der Waals surface area contributed by atoms with Crippen molar-refractivity contribution in [2.75, 3.05) is 0 Å².